The van der Waals surface area contributed by atoms with Gasteiger partial charge in [-0.3, -0.25) is 0 Å². The van der Waals surface area contributed by atoms with E-state index in [-0.39, 0.29) is 6.42 Å². The van der Waals surface area contributed by atoms with E-state index in [4.69, 9.17) is 4.74 Å². The van der Waals surface area contributed by atoms with Crippen LogP contribution in [-0.4, -0.2) is 30.8 Å². The first kappa shape index (κ1) is 17.9. The molecule has 0 aliphatic rings. The molecule has 5 nitrogen and oxygen atoms in total. The van der Waals surface area contributed by atoms with E-state index in [1.54, 1.807) is 20.8 Å². The van der Waals surface area contributed by atoms with Crippen molar-refractivity contribution in [2.75, 3.05) is 7.11 Å². The maximum Gasteiger partial charge on any atom is 0.408 e. The van der Waals surface area contributed by atoms with E-state index in [2.05, 4.69) is 10.1 Å². The van der Waals surface area contributed by atoms with Gasteiger partial charge >= 0.3 is 12.1 Å². The Kier molecular flexibility index (Phi) is 5.84. The molecule has 1 aromatic carbocycles. The van der Waals surface area contributed by atoms with Gasteiger partial charge in [-0.2, -0.15) is 0 Å². The molecule has 1 atom stereocenters. The second-order valence-electron chi connectivity index (χ2n) is 5.67. The molecule has 1 aromatic rings. The quantitative estimate of drug-likeness (QED) is 0.867. The highest BCUT2D eigenvalue weighted by Crippen LogP contribution is 2.12. The summed E-state index contributed by atoms with van der Waals surface area (Å²) >= 11 is 0. The highest BCUT2D eigenvalue weighted by molar-refractivity contribution is 5.81. The molecule has 0 aromatic heterocycles. The van der Waals surface area contributed by atoms with Crippen LogP contribution >= 0.6 is 0 Å². The Morgan fingerprint density at radius 2 is 1.86 bits per heavy atom. The van der Waals surface area contributed by atoms with Gasteiger partial charge < -0.3 is 14.8 Å². The average Bonchev–Trinajstić information content (AvgIpc) is 2.39. The van der Waals surface area contributed by atoms with E-state index in [0.717, 1.165) is 19.2 Å². The summed E-state index contributed by atoms with van der Waals surface area (Å²) in [6, 6.07) is 2.17. The van der Waals surface area contributed by atoms with Gasteiger partial charge in [-0.15, -0.1) is 0 Å². The Hall–Kier alpha value is -2.18. The predicted octanol–water partition coefficient (Wildman–Crippen LogP) is 2.57. The van der Waals surface area contributed by atoms with E-state index < -0.39 is 35.3 Å². The van der Waals surface area contributed by atoms with Crippen LogP contribution in [0.25, 0.3) is 0 Å². The summed E-state index contributed by atoms with van der Waals surface area (Å²) in [4.78, 5) is 23.4. The normalized spacial score (nSPS) is 12.5. The summed E-state index contributed by atoms with van der Waals surface area (Å²) in [5.74, 6) is -2.73. The minimum absolute atomic E-state index is 0.0525. The Morgan fingerprint density at radius 3 is 2.36 bits per heavy atom. The molecule has 0 saturated carbocycles. The largest absolute Gasteiger partial charge is 0.467 e. The van der Waals surface area contributed by atoms with Crippen LogP contribution in [0.3, 0.4) is 0 Å². The number of halogens is 2. The van der Waals surface area contributed by atoms with Crippen LogP contribution in [0.4, 0.5) is 13.6 Å². The van der Waals surface area contributed by atoms with E-state index in [0.29, 0.717) is 5.56 Å². The molecule has 7 heteroatoms. The zero-order chi connectivity index (χ0) is 16.9. The van der Waals surface area contributed by atoms with Crippen molar-refractivity contribution in [1.82, 2.24) is 5.32 Å². The molecule has 0 spiro atoms. The molecule has 0 radical (unpaired) electrons. The average molecular weight is 315 g/mol. The van der Waals surface area contributed by atoms with Crippen molar-refractivity contribution in [3.8, 4) is 0 Å². The third kappa shape index (κ3) is 5.67. The molecule has 0 saturated heterocycles. The number of carbonyl (C=O) groups is 2. The molecule has 0 bridgehead atoms. The number of rotatable bonds is 4. The lowest BCUT2D eigenvalue weighted by molar-refractivity contribution is -0.143. The zero-order valence-corrected chi connectivity index (χ0v) is 12.9. The van der Waals surface area contributed by atoms with Crippen LogP contribution in [-0.2, 0) is 20.7 Å². The highest BCUT2D eigenvalue weighted by Gasteiger charge is 2.25. The van der Waals surface area contributed by atoms with Crippen LogP contribution in [0.15, 0.2) is 18.2 Å². The van der Waals surface area contributed by atoms with Gasteiger partial charge in [0.25, 0.3) is 0 Å². The second kappa shape index (κ2) is 7.20. The Bertz CT molecular complexity index is 555. The van der Waals surface area contributed by atoms with Crippen LogP contribution < -0.4 is 5.32 Å². The van der Waals surface area contributed by atoms with E-state index in [9.17, 15) is 18.4 Å². The summed E-state index contributed by atoms with van der Waals surface area (Å²) in [5, 5.41) is 2.35. The maximum atomic E-state index is 13.2. The van der Waals surface area contributed by atoms with Crippen molar-refractivity contribution in [3.63, 3.8) is 0 Å². The van der Waals surface area contributed by atoms with E-state index in [1.165, 1.54) is 6.07 Å². The van der Waals surface area contributed by atoms with Crippen molar-refractivity contribution >= 4 is 12.1 Å². The first-order valence-corrected chi connectivity index (χ1v) is 6.63. The number of carbonyl (C=O) groups excluding carboxylic acids is 2. The standard InChI is InChI=1S/C15H19F2NO4/c1-15(2,3)22-14(20)18-12(13(19)21-4)8-9-5-6-10(16)11(17)7-9/h5-7,12H,8H2,1-4H3,(H,18,20)/t12-/m0/s1. The van der Waals surface area contributed by atoms with Gasteiger partial charge in [-0.05, 0) is 38.5 Å². The number of benzene rings is 1. The smallest absolute Gasteiger partial charge is 0.408 e. The first-order chi connectivity index (χ1) is 10.1. The van der Waals surface area contributed by atoms with Crippen molar-refractivity contribution in [2.45, 2.75) is 38.8 Å². The summed E-state index contributed by atoms with van der Waals surface area (Å²) in [7, 11) is 1.16. The van der Waals surface area contributed by atoms with E-state index in [1.807, 2.05) is 0 Å². The van der Waals surface area contributed by atoms with Crippen LogP contribution in [0, 0.1) is 11.6 Å². The number of hydrogen-bond acceptors (Lipinski definition) is 4. The minimum Gasteiger partial charge on any atom is -0.467 e. The number of hydrogen-bond donors (Lipinski definition) is 1. The van der Waals surface area contributed by atoms with E-state index >= 15 is 0 Å². The predicted molar refractivity (Wildman–Crippen MR) is 75.2 cm³/mol. The summed E-state index contributed by atoms with van der Waals surface area (Å²) in [6.07, 6.45) is -0.853. The lowest BCUT2D eigenvalue weighted by Gasteiger charge is -2.22. The molecular weight excluding hydrogens is 296 g/mol. The number of esters is 1. The maximum absolute atomic E-state index is 13.2. The van der Waals surface area contributed by atoms with Crippen molar-refractivity contribution in [3.05, 3.63) is 35.4 Å². The fraction of sp³-hybridized carbons (Fsp3) is 0.467. The summed E-state index contributed by atoms with van der Waals surface area (Å²) in [5.41, 5.74) is -0.391. The van der Waals surface area contributed by atoms with Crippen LogP contribution in [0.5, 0.6) is 0 Å². The minimum atomic E-state index is -1.07. The third-order valence-corrected chi connectivity index (χ3v) is 2.60. The second-order valence-corrected chi connectivity index (χ2v) is 5.67. The molecular formula is C15H19F2NO4. The van der Waals surface area contributed by atoms with Gasteiger partial charge in [0, 0.05) is 6.42 Å². The summed E-state index contributed by atoms with van der Waals surface area (Å²) in [6.45, 7) is 5.03. The SMILES string of the molecule is COC(=O)[C@H](Cc1ccc(F)c(F)c1)NC(=O)OC(C)(C)C. The lowest BCUT2D eigenvalue weighted by atomic mass is 10.1. The zero-order valence-electron chi connectivity index (χ0n) is 12.9. The van der Waals surface area contributed by atoms with Crippen LogP contribution in [0.1, 0.15) is 26.3 Å². The van der Waals surface area contributed by atoms with Crippen molar-refractivity contribution in [1.29, 1.82) is 0 Å². The molecule has 0 fully saturated rings. The molecule has 0 heterocycles. The first-order valence-electron chi connectivity index (χ1n) is 6.63. The van der Waals surface area contributed by atoms with Crippen LogP contribution in [0.2, 0.25) is 0 Å². The van der Waals surface area contributed by atoms with Gasteiger partial charge in [0.1, 0.15) is 11.6 Å². The Labute approximate surface area is 127 Å². The van der Waals surface area contributed by atoms with Gasteiger partial charge in [0.15, 0.2) is 11.6 Å². The molecule has 1 amide bonds. The number of methoxy groups -OCH3 is 1. The molecule has 0 aliphatic heterocycles. The number of amides is 1. The molecule has 1 rings (SSSR count). The highest BCUT2D eigenvalue weighted by atomic mass is 19.2. The molecule has 0 aliphatic carbocycles. The van der Waals surface area contributed by atoms with Gasteiger partial charge in [0.2, 0.25) is 0 Å². The monoisotopic (exact) mass is 315 g/mol. The Morgan fingerprint density at radius 1 is 1.23 bits per heavy atom. The molecule has 1 N–H and O–H groups in total. The fourth-order valence-electron chi connectivity index (χ4n) is 1.69. The number of ether oxygens (including phenoxy) is 2. The van der Waals surface area contributed by atoms with Gasteiger partial charge in [-0.1, -0.05) is 6.07 Å². The van der Waals surface area contributed by atoms with Gasteiger partial charge in [-0.25, -0.2) is 18.4 Å². The lowest BCUT2D eigenvalue weighted by Crippen LogP contribution is -2.45. The van der Waals surface area contributed by atoms with Crippen molar-refractivity contribution < 1.29 is 27.8 Å². The summed E-state index contributed by atoms with van der Waals surface area (Å²) < 4.78 is 35.7. The molecule has 122 valence electrons. The molecule has 0 unspecified atom stereocenters. The third-order valence-electron chi connectivity index (χ3n) is 2.60. The number of alkyl carbamates (subject to hydrolysis) is 1. The fourth-order valence-corrected chi connectivity index (χ4v) is 1.69. The topological polar surface area (TPSA) is 64.6 Å². The number of nitrogens with one attached hydrogen (secondary N) is 1. The Balaban J connectivity index is 2.82. The molecule has 22 heavy (non-hydrogen) atoms. The van der Waals surface area contributed by atoms with Gasteiger partial charge in [0.05, 0.1) is 7.11 Å². The van der Waals surface area contributed by atoms with Crippen molar-refractivity contribution in [2.24, 2.45) is 0 Å².